The van der Waals surface area contributed by atoms with Gasteiger partial charge in [0.05, 0.1) is 0 Å². The van der Waals surface area contributed by atoms with Crippen LogP contribution >= 0.6 is 0 Å². The number of amides is 1. The van der Waals surface area contributed by atoms with Gasteiger partial charge in [0.15, 0.2) is 5.78 Å². The quantitative estimate of drug-likeness (QED) is 0.832. The summed E-state index contributed by atoms with van der Waals surface area (Å²) < 4.78 is 0. The van der Waals surface area contributed by atoms with Gasteiger partial charge < -0.3 is 0 Å². The summed E-state index contributed by atoms with van der Waals surface area (Å²) in [4.78, 5) is 32.1. The molecule has 114 valence electrons. The van der Waals surface area contributed by atoms with Gasteiger partial charge in [0.25, 0.3) is 0 Å². The summed E-state index contributed by atoms with van der Waals surface area (Å²) in [5.41, 5.74) is 2.30. The van der Waals surface area contributed by atoms with Gasteiger partial charge in [0, 0.05) is 29.8 Å². The fourth-order valence-electron chi connectivity index (χ4n) is 2.15. The third kappa shape index (κ3) is 4.77. The highest BCUT2D eigenvalue weighted by molar-refractivity contribution is 5.96. The molecule has 0 fully saturated rings. The third-order valence-electron chi connectivity index (χ3n) is 3.14. The van der Waals surface area contributed by atoms with Crippen molar-refractivity contribution >= 4 is 17.6 Å². The summed E-state index contributed by atoms with van der Waals surface area (Å²) in [6, 6.07) is 10.9. The summed E-state index contributed by atoms with van der Waals surface area (Å²) in [7, 11) is 0. The van der Waals surface area contributed by atoms with Crippen LogP contribution in [0.25, 0.3) is 0 Å². The van der Waals surface area contributed by atoms with Crippen molar-refractivity contribution in [1.82, 2.24) is 9.97 Å². The van der Waals surface area contributed by atoms with E-state index in [1.165, 1.54) is 0 Å². The smallest absolute Gasteiger partial charge is 0.229 e. The fourth-order valence-corrected chi connectivity index (χ4v) is 2.15. The van der Waals surface area contributed by atoms with E-state index in [1.54, 1.807) is 12.1 Å². The predicted octanol–water partition coefficient (Wildman–Crippen LogP) is 3.09. The van der Waals surface area contributed by atoms with Crippen LogP contribution in [0.2, 0.25) is 0 Å². The first-order valence-electron chi connectivity index (χ1n) is 7.25. The van der Waals surface area contributed by atoms with Gasteiger partial charge in [0.2, 0.25) is 11.9 Å². The number of hydrogen-bond acceptors (Lipinski definition) is 4. The molecule has 0 aliphatic rings. The van der Waals surface area contributed by atoms with Gasteiger partial charge in [-0.2, -0.15) is 0 Å². The normalized spacial score (nSPS) is 10.3. The van der Waals surface area contributed by atoms with E-state index in [4.69, 9.17) is 0 Å². The van der Waals surface area contributed by atoms with E-state index in [0.717, 1.165) is 11.4 Å². The van der Waals surface area contributed by atoms with Gasteiger partial charge in [-0.15, -0.1) is 0 Å². The van der Waals surface area contributed by atoms with Gasteiger partial charge in [-0.05, 0) is 26.3 Å². The highest BCUT2D eigenvalue weighted by Crippen LogP contribution is 2.08. The Morgan fingerprint density at radius 1 is 1.00 bits per heavy atom. The molecule has 2 rings (SSSR count). The molecule has 1 aromatic carbocycles. The Hall–Kier alpha value is -2.56. The van der Waals surface area contributed by atoms with E-state index >= 15 is 0 Å². The van der Waals surface area contributed by atoms with Crippen LogP contribution in [0.3, 0.4) is 0 Å². The van der Waals surface area contributed by atoms with Gasteiger partial charge in [-0.1, -0.05) is 30.3 Å². The van der Waals surface area contributed by atoms with Crippen LogP contribution in [0, 0.1) is 13.8 Å². The van der Waals surface area contributed by atoms with Crippen LogP contribution < -0.4 is 5.32 Å². The van der Waals surface area contributed by atoms with Crippen molar-refractivity contribution in [2.45, 2.75) is 33.1 Å². The fraction of sp³-hybridized carbons (Fsp3) is 0.294. The Labute approximate surface area is 129 Å². The Morgan fingerprint density at radius 2 is 1.64 bits per heavy atom. The summed E-state index contributed by atoms with van der Waals surface area (Å²) >= 11 is 0. The average molecular weight is 297 g/mol. The molecule has 0 aliphatic heterocycles. The molecule has 0 unspecified atom stereocenters. The Balaban J connectivity index is 1.79. The molecule has 0 bridgehead atoms. The van der Waals surface area contributed by atoms with Crippen LogP contribution in [-0.4, -0.2) is 21.7 Å². The molecule has 1 amide bonds. The molecule has 1 heterocycles. The zero-order chi connectivity index (χ0) is 15.9. The van der Waals surface area contributed by atoms with Crippen molar-refractivity contribution < 1.29 is 9.59 Å². The SMILES string of the molecule is Cc1cc(C)nc(NC(=O)CCCC(=O)c2ccccc2)n1. The van der Waals surface area contributed by atoms with Crippen molar-refractivity contribution in [3.05, 3.63) is 53.3 Å². The number of aromatic nitrogens is 2. The number of nitrogens with one attached hydrogen (secondary N) is 1. The lowest BCUT2D eigenvalue weighted by Crippen LogP contribution is -2.15. The molecule has 0 aliphatic carbocycles. The Kier molecular flexibility index (Phi) is 5.36. The minimum Gasteiger partial charge on any atom is -0.295 e. The van der Waals surface area contributed by atoms with Crippen LogP contribution in [0.1, 0.15) is 41.0 Å². The summed E-state index contributed by atoms with van der Waals surface area (Å²) in [5, 5.41) is 2.66. The van der Waals surface area contributed by atoms with Crippen molar-refractivity contribution in [2.24, 2.45) is 0 Å². The average Bonchev–Trinajstić information content (AvgIpc) is 2.47. The topological polar surface area (TPSA) is 72.0 Å². The zero-order valence-corrected chi connectivity index (χ0v) is 12.8. The summed E-state index contributed by atoms with van der Waals surface area (Å²) in [5.74, 6) is 0.193. The summed E-state index contributed by atoms with van der Waals surface area (Å²) in [6.07, 6.45) is 1.13. The largest absolute Gasteiger partial charge is 0.295 e. The molecule has 2 aromatic rings. The molecule has 5 nitrogen and oxygen atoms in total. The molecular formula is C17H19N3O2. The van der Waals surface area contributed by atoms with E-state index in [0.29, 0.717) is 24.4 Å². The van der Waals surface area contributed by atoms with Crippen molar-refractivity contribution in [3.8, 4) is 0 Å². The van der Waals surface area contributed by atoms with Crippen LogP contribution in [-0.2, 0) is 4.79 Å². The number of carbonyl (C=O) groups excluding carboxylic acids is 2. The maximum Gasteiger partial charge on any atom is 0.229 e. The molecule has 1 aromatic heterocycles. The molecule has 22 heavy (non-hydrogen) atoms. The molecule has 5 heteroatoms. The number of rotatable bonds is 6. The van der Waals surface area contributed by atoms with E-state index in [-0.39, 0.29) is 18.1 Å². The van der Waals surface area contributed by atoms with Crippen molar-refractivity contribution in [2.75, 3.05) is 5.32 Å². The number of aryl methyl sites for hydroxylation is 2. The van der Waals surface area contributed by atoms with E-state index in [1.807, 2.05) is 38.1 Å². The van der Waals surface area contributed by atoms with Crippen molar-refractivity contribution in [1.29, 1.82) is 0 Å². The molecule has 0 saturated carbocycles. The Morgan fingerprint density at radius 3 is 2.27 bits per heavy atom. The monoisotopic (exact) mass is 297 g/mol. The first-order chi connectivity index (χ1) is 10.5. The number of carbonyl (C=O) groups is 2. The Bertz CT molecular complexity index is 649. The van der Waals surface area contributed by atoms with Gasteiger partial charge in [-0.25, -0.2) is 9.97 Å². The minimum atomic E-state index is -0.175. The van der Waals surface area contributed by atoms with Crippen LogP contribution in [0.15, 0.2) is 36.4 Å². The number of Topliss-reactive ketones (excluding diaryl/α,β-unsaturated/α-hetero) is 1. The van der Waals surface area contributed by atoms with Crippen molar-refractivity contribution in [3.63, 3.8) is 0 Å². The van der Waals surface area contributed by atoms with E-state index in [9.17, 15) is 9.59 Å². The second-order valence-electron chi connectivity index (χ2n) is 5.17. The molecule has 1 N–H and O–H groups in total. The first-order valence-corrected chi connectivity index (χ1v) is 7.25. The maximum atomic E-state index is 11.9. The molecule has 0 atom stereocenters. The number of nitrogens with zero attached hydrogens (tertiary/aromatic N) is 2. The lowest BCUT2D eigenvalue weighted by molar-refractivity contribution is -0.116. The zero-order valence-electron chi connectivity index (χ0n) is 12.8. The number of anilines is 1. The summed E-state index contributed by atoms with van der Waals surface area (Å²) in [6.45, 7) is 3.70. The number of hydrogen-bond donors (Lipinski definition) is 1. The highest BCUT2D eigenvalue weighted by Gasteiger charge is 2.09. The highest BCUT2D eigenvalue weighted by atomic mass is 16.1. The first kappa shape index (κ1) is 15.8. The van der Waals surface area contributed by atoms with E-state index < -0.39 is 0 Å². The number of benzene rings is 1. The second-order valence-corrected chi connectivity index (χ2v) is 5.17. The van der Waals surface area contributed by atoms with Gasteiger partial charge >= 0.3 is 0 Å². The predicted molar refractivity (Wildman–Crippen MR) is 84.8 cm³/mol. The maximum absolute atomic E-state index is 11.9. The van der Waals surface area contributed by atoms with Gasteiger partial charge in [-0.3, -0.25) is 14.9 Å². The van der Waals surface area contributed by atoms with Crippen LogP contribution in [0.5, 0.6) is 0 Å². The van der Waals surface area contributed by atoms with Crippen LogP contribution in [0.4, 0.5) is 5.95 Å². The number of ketones is 1. The third-order valence-corrected chi connectivity index (χ3v) is 3.14. The molecular weight excluding hydrogens is 278 g/mol. The van der Waals surface area contributed by atoms with E-state index in [2.05, 4.69) is 15.3 Å². The standard InChI is InChI=1S/C17H19N3O2/c1-12-11-13(2)19-17(18-12)20-16(22)10-6-9-15(21)14-7-4-3-5-8-14/h3-5,7-8,11H,6,9-10H2,1-2H3,(H,18,19,20,22). The molecule has 0 radical (unpaired) electrons. The molecule has 0 spiro atoms. The lowest BCUT2D eigenvalue weighted by atomic mass is 10.1. The van der Waals surface area contributed by atoms with Gasteiger partial charge in [0.1, 0.15) is 0 Å². The molecule has 0 saturated heterocycles. The second kappa shape index (κ2) is 7.45. The lowest BCUT2D eigenvalue weighted by Gasteiger charge is -2.05. The minimum absolute atomic E-state index is 0.0519.